The van der Waals surface area contributed by atoms with E-state index < -0.39 is 11.8 Å². The maximum absolute atomic E-state index is 13.8. The van der Waals surface area contributed by atoms with Crippen molar-refractivity contribution in [2.24, 2.45) is 0 Å². The third kappa shape index (κ3) is 3.92. The molecule has 0 saturated carbocycles. The van der Waals surface area contributed by atoms with Gasteiger partial charge < -0.3 is 9.84 Å². The summed E-state index contributed by atoms with van der Waals surface area (Å²) in [6.07, 6.45) is 5.71. The molecule has 1 heterocycles. The van der Waals surface area contributed by atoms with Crippen LogP contribution in [0.5, 0.6) is 5.75 Å². The van der Waals surface area contributed by atoms with E-state index in [0.717, 1.165) is 18.2 Å². The molecule has 0 unspecified atom stereocenters. The summed E-state index contributed by atoms with van der Waals surface area (Å²) < 4.78 is 21.0. The van der Waals surface area contributed by atoms with Crippen LogP contribution < -0.4 is 4.74 Å². The number of ether oxygens (including phenoxy) is 1. The second-order valence-electron chi connectivity index (χ2n) is 4.32. The molecule has 0 spiro atoms. The molecule has 0 saturated heterocycles. The summed E-state index contributed by atoms with van der Waals surface area (Å²) in [6.45, 7) is 2.87. The van der Waals surface area contributed by atoms with Gasteiger partial charge in [0.15, 0.2) is 11.6 Å². The van der Waals surface area contributed by atoms with Gasteiger partial charge in [0.1, 0.15) is 6.61 Å². The van der Waals surface area contributed by atoms with Crippen molar-refractivity contribution >= 4 is 12.0 Å². The molecule has 2 rings (SSSR count). The summed E-state index contributed by atoms with van der Waals surface area (Å²) in [5.74, 6) is -1.61. The Bertz CT molecular complexity index is 665. The number of aryl methyl sites for hydroxylation is 1. The van der Waals surface area contributed by atoms with E-state index in [9.17, 15) is 9.18 Å². The minimum atomic E-state index is -1.10. The van der Waals surface area contributed by atoms with E-state index in [1.807, 2.05) is 13.1 Å². The lowest BCUT2D eigenvalue weighted by atomic mass is 10.2. The van der Waals surface area contributed by atoms with Gasteiger partial charge in [-0.2, -0.15) is 5.10 Å². The van der Waals surface area contributed by atoms with Crippen molar-refractivity contribution in [3.8, 4) is 5.75 Å². The van der Waals surface area contributed by atoms with Crippen molar-refractivity contribution in [1.29, 1.82) is 0 Å². The lowest BCUT2D eigenvalue weighted by molar-refractivity contribution is -0.131. The number of benzene rings is 1. The Hall–Kier alpha value is -2.63. The third-order valence-corrected chi connectivity index (χ3v) is 2.80. The van der Waals surface area contributed by atoms with E-state index >= 15 is 0 Å². The number of aromatic nitrogens is 2. The monoisotopic (exact) mass is 290 g/mol. The lowest BCUT2D eigenvalue weighted by Crippen LogP contribution is -1.99. The molecular formula is C15H15FN2O3. The maximum Gasteiger partial charge on any atom is 0.328 e. The Labute approximate surface area is 121 Å². The van der Waals surface area contributed by atoms with E-state index in [1.165, 1.54) is 18.2 Å². The Morgan fingerprint density at radius 1 is 1.52 bits per heavy atom. The fourth-order valence-corrected chi connectivity index (χ4v) is 1.78. The molecule has 0 radical (unpaired) electrons. The van der Waals surface area contributed by atoms with Crippen molar-refractivity contribution in [2.75, 3.05) is 0 Å². The standard InChI is InChI=1S/C15H15FN2O3/c1-2-18-9-11(8-17-18)10-21-15-12(6-7-14(19)20)4-3-5-13(15)16/h3-9H,2,10H2,1H3,(H,19,20)/b7-6+. The molecule has 0 bridgehead atoms. The largest absolute Gasteiger partial charge is 0.485 e. The number of rotatable bonds is 6. The molecule has 5 nitrogen and oxygen atoms in total. The zero-order valence-corrected chi connectivity index (χ0v) is 11.5. The molecule has 1 aromatic carbocycles. The molecule has 6 heteroatoms. The molecule has 1 N–H and O–H groups in total. The number of hydrogen-bond acceptors (Lipinski definition) is 3. The number of aliphatic carboxylic acids is 1. The molecule has 0 aliphatic heterocycles. The summed E-state index contributed by atoms with van der Waals surface area (Å²) in [4.78, 5) is 10.6. The van der Waals surface area contributed by atoms with Gasteiger partial charge in [0.05, 0.1) is 6.20 Å². The van der Waals surface area contributed by atoms with Gasteiger partial charge in [0, 0.05) is 29.9 Å². The highest BCUT2D eigenvalue weighted by Crippen LogP contribution is 2.25. The number of halogens is 1. The second-order valence-corrected chi connectivity index (χ2v) is 4.32. The molecule has 21 heavy (non-hydrogen) atoms. The minimum Gasteiger partial charge on any atom is -0.485 e. The molecule has 0 amide bonds. The average molecular weight is 290 g/mol. The molecule has 110 valence electrons. The Morgan fingerprint density at radius 3 is 3.00 bits per heavy atom. The molecule has 0 atom stereocenters. The predicted molar refractivity (Wildman–Crippen MR) is 75.3 cm³/mol. The van der Waals surface area contributed by atoms with Gasteiger partial charge in [-0.05, 0) is 19.1 Å². The number of carboxylic acids is 1. The Morgan fingerprint density at radius 2 is 2.33 bits per heavy atom. The number of carbonyl (C=O) groups is 1. The maximum atomic E-state index is 13.8. The van der Waals surface area contributed by atoms with Crippen LogP contribution in [0.15, 0.2) is 36.7 Å². The van der Waals surface area contributed by atoms with Crippen LogP contribution in [0.2, 0.25) is 0 Å². The van der Waals surface area contributed by atoms with Crippen LogP contribution in [0.25, 0.3) is 6.08 Å². The van der Waals surface area contributed by atoms with E-state index in [4.69, 9.17) is 9.84 Å². The number of hydrogen-bond donors (Lipinski definition) is 1. The van der Waals surface area contributed by atoms with Crippen molar-refractivity contribution in [1.82, 2.24) is 9.78 Å². The van der Waals surface area contributed by atoms with Crippen LogP contribution in [0, 0.1) is 5.82 Å². The van der Waals surface area contributed by atoms with Crippen molar-refractivity contribution < 1.29 is 19.0 Å². The van der Waals surface area contributed by atoms with Gasteiger partial charge in [0.25, 0.3) is 0 Å². The summed E-state index contributed by atoms with van der Waals surface area (Å²) in [7, 11) is 0. The molecule has 0 fully saturated rings. The summed E-state index contributed by atoms with van der Waals surface area (Å²) in [5, 5.41) is 12.7. The predicted octanol–water partition coefficient (Wildman–Crippen LogP) is 2.72. The highest BCUT2D eigenvalue weighted by Gasteiger charge is 2.09. The van der Waals surface area contributed by atoms with Crippen LogP contribution in [0.4, 0.5) is 4.39 Å². The molecule has 0 aliphatic carbocycles. The van der Waals surface area contributed by atoms with Crippen molar-refractivity contribution in [3.05, 3.63) is 53.6 Å². The molecule has 1 aromatic heterocycles. The second kappa shape index (κ2) is 6.69. The first-order chi connectivity index (χ1) is 10.1. The van der Waals surface area contributed by atoms with Gasteiger partial charge in [-0.1, -0.05) is 12.1 Å². The molecular weight excluding hydrogens is 275 g/mol. The van der Waals surface area contributed by atoms with Crippen LogP contribution in [0.1, 0.15) is 18.1 Å². The van der Waals surface area contributed by atoms with E-state index in [0.29, 0.717) is 5.56 Å². The van der Waals surface area contributed by atoms with E-state index in [1.54, 1.807) is 16.9 Å². The van der Waals surface area contributed by atoms with Crippen molar-refractivity contribution in [2.45, 2.75) is 20.1 Å². The highest BCUT2D eigenvalue weighted by molar-refractivity contribution is 5.85. The zero-order chi connectivity index (χ0) is 15.2. The first-order valence-corrected chi connectivity index (χ1v) is 6.43. The SMILES string of the molecule is CCn1cc(COc2c(F)cccc2/C=C/C(=O)O)cn1. The normalized spacial score (nSPS) is 11.0. The lowest BCUT2D eigenvalue weighted by Gasteiger charge is -2.09. The summed E-state index contributed by atoms with van der Waals surface area (Å²) in [6, 6.07) is 4.36. The zero-order valence-electron chi connectivity index (χ0n) is 11.5. The molecule has 2 aromatic rings. The average Bonchev–Trinajstić information content (AvgIpc) is 2.92. The van der Waals surface area contributed by atoms with Crippen molar-refractivity contribution in [3.63, 3.8) is 0 Å². The van der Waals surface area contributed by atoms with Crippen LogP contribution in [-0.4, -0.2) is 20.9 Å². The van der Waals surface area contributed by atoms with Gasteiger partial charge in [0.2, 0.25) is 0 Å². The topological polar surface area (TPSA) is 64.3 Å². The third-order valence-electron chi connectivity index (χ3n) is 2.80. The van der Waals surface area contributed by atoms with E-state index in [2.05, 4.69) is 5.10 Å². The summed E-state index contributed by atoms with van der Waals surface area (Å²) >= 11 is 0. The van der Waals surface area contributed by atoms with Gasteiger partial charge in [-0.15, -0.1) is 0 Å². The Kier molecular flexibility index (Phi) is 4.71. The van der Waals surface area contributed by atoms with Crippen LogP contribution >= 0.6 is 0 Å². The number of para-hydroxylation sites is 1. The summed E-state index contributed by atoms with van der Waals surface area (Å²) in [5.41, 5.74) is 1.19. The van der Waals surface area contributed by atoms with E-state index in [-0.39, 0.29) is 12.4 Å². The number of nitrogens with zero attached hydrogens (tertiary/aromatic N) is 2. The fourth-order valence-electron chi connectivity index (χ4n) is 1.78. The fraction of sp³-hybridized carbons (Fsp3) is 0.200. The van der Waals surface area contributed by atoms with Gasteiger partial charge in [-0.25, -0.2) is 9.18 Å². The van der Waals surface area contributed by atoms with Gasteiger partial charge in [-0.3, -0.25) is 4.68 Å². The first-order valence-electron chi connectivity index (χ1n) is 6.43. The highest BCUT2D eigenvalue weighted by atomic mass is 19.1. The quantitative estimate of drug-likeness (QED) is 0.831. The first kappa shape index (κ1) is 14.8. The smallest absolute Gasteiger partial charge is 0.328 e. The van der Waals surface area contributed by atoms with Crippen LogP contribution in [-0.2, 0) is 17.9 Å². The number of carboxylic acid groups (broad SMARTS) is 1. The van der Waals surface area contributed by atoms with Crippen LogP contribution in [0.3, 0.4) is 0 Å². The van der Waals surface area contributed by atoms with Gasteiger partial charge >= 0.3 is 5.97 Å². The molecule has 0 aliphatic rings. The minimum absolute atomic E-state index is 0.0271. The Balaban J connectivity index is 2.16.